The van der Waals surface area contributed by atoms with Crippen molar-refractivity contribution in [3.8, 4) is 0 Å². The maximum Gasteiger partial charge on any atom is 0.0684 e. The molecule has 0 bridgehead atoms. The molecule has 0 radical (unpaired) electrons. The first kappa shape index (κ1) is 6.09. The Hall–Kier alpha value is -0.0400. The van der Waals surface area contributed by atoms with Crippen LogP contribution in [0.2, 0.25) is 0 Å². The van der Waals surface area contributed by atoms with Crippen molar-refractivity contribution in [2.75, 3.05) is 6.61 Å². The lowest BCUT2D eigenvalue weighted by Gasteiger charge is -2.07. The van der Waals surface area contributed by atoms with Crippen LogP contribution in [0.5, 0.6) is 0 Å². The molecular weight excluding hydrogens is 100 g/mol. The second-order valence-corrected chi connectivity index (χ2v) is 2.85. The van der Waals surface area contributed by atoms with Gasteiger partial charge in [-0.2, -0.15) is 0 Å². The summed E-state index contributed by atoms with van der Waals surface area (Å²) in [4.78, 5) is 0. The van der Waals surface area contributed by atoms with E-state index in [0.29, 0.717) is 0 Å². The summed E-state index contributed by atoms with van der Waals surface area (Å²) < 4.78 is 5.45. The third-order valence-electron chi connectivity index (χ3n) is 2.07. The Balaban J connectivity index is 2.25. The van der Waals surface area contributed by atoms with E-state index in [9.17, 15) is 0 Å². The number of hydrogen-bond donors (Lipinski definition) is 0. The first-order valence-electron chi connectivity index (χ1n) is 3.33. The van der Waals surface area contributed by atoms with Crippen molar-refractivity contribution < 1.29 is 4.74 Å². The fraction of sp³-hybridized carbons (Fsp3) is 1.00. The summed E-state index contributed by atoms with van der Waals surface area (Å²) in [6, 6.07) is 0. The van der Waals surface area contributed by atoms with Crippen LogP contribution in [-0.4, -0.2) is 12.2 Å². The second kappa shape index (κ2) is 1.73. The lowest BCUT2D eigenvalue weighted by atomic mass is 10.3. The van der Waals surface area contributed by atoms with Crippen molar-refractivity contribution in [1.82, 2.24) is 0 Å². The molecule has 0 N–H and O–H groups in total. The van der Waals surface area contributed by atoms with Crippen LogP contribution >= 0.6 is 0 Å². The molecule has 0 aromatic carbocycles. The molecule has 1 heteroatoms. The average Bonchev–Trinajstić information content (AvgIpc) is 2.16. The summed E-state index contributed by atoms with van der Waals surface area (Å²) in [5.74, 6) is 0.794. The molecule has 8 heavy (non-hydrogen) atoms. The highest BCUT2D eigenvalue weighted by atomic mass is 16.5. The van der Waals surface area contributed by atoms with Crippen LogP contribution in [0.25, 0.3) is 0 Å². The van der Waals surface area contributed by atoms with Gasteiger partial charge in [0.25, 0.3) is 0 Å². The van der Waals surface area contributed by atoms with Gasteiger partial charge in [0.15, 0.2) is 0 Å². The zero-order valence-electron chi connectivity index (χ0n) is 5.90. The van der Waals surface area contributed by atoms with Crippen LogP contribution in [0.3, 0.4) is 0 Å². The molecule has 2 unspecified atom stereocenters. The van der Waals surface area contributed by atoms with Gasteiger partial charge in [-0.15, -0.1) is 0 Å². The molecule has 0 heterocycles. The highest BCUT2D eigenvalue weighted by molar-refractivity contribution is 4.98. The van der Waals surface area contributed by atoms with Gasteiger partial charge >= 0.3 is 0 Å². The van der Waals surface area contributed by atoms with Gasteiger partial charge in [-0.05, 0) is 26.2 Å². The number of rotatable bonds is 2. The molecule has 0 aromatic rings. The molecular formula is C7H14O. The van der Waals surface area contributed by atoms with Gasteiger partial charge in [0.2, 0.25) is 0 Å². The number of hydrogen-bond acceptors (Lipinski definition) is 1. The van der Waals surface area contributed by atoms with E-state index < -0.39 is 0 Å². The van der Waals surface area contributed by atoms with E-state index in [2.05, 4.69) is 20.8 Å². The third-order valence-corrected chi connectivity index (χ3v) is 2.07. The SMILES string of the molecule is CCOC1(C)CC1C. The first-order chi connectivity index (χ1) is 3.69. The molecule has 0 amide bonds. The first-order valence-corrected chi connectivity index (χ1v) is 3.33. The normalized spacial score (nSPS) is 44.6. The van der Waals surface area contributed by atoms with E-state index in [-0.39, 0.29) is 5.60 Å². The van der Waals surface area contributed by atoms with E-state index in [1.165, 1.54) is 6.42 Å². The topological polar surface area (TPSA) is 9.23 Å². The molecule has 0 spiro atoms. The molecule has 1 fully saturated rings. The van der Waals surface area contributed by atoms with E-state index in [1.54, 1.807) is 0 Å². The molecule has 2 atom stereocenters. The highest BCUT2D eigenvalue weighted by Crippen LogP contribution is 2.45. The van der Waals surface area contributed by atoms with Gasteiger partial charge in [-0.25, -0.2) is 0 Å². The average molecular weight is 114 g/mol. The minimum absolute atomic E-state index is 0.259. The Morgan fingerprint density at radius 2 is 2.25 bits per heavy atom. The summed E-state index contributed by atoms with van der Waals surface area (Å²) in [7, 11) is 0. The van der Waals surface area contributed by atoms with Gasteiger partial charge in [-0.1, -0.05) is 6.92 Å². The third kappa shape index (κ3) is 0.873. The van der Waals surface area contributed by atoms with Crippen LogP contribution < -0.4 is 0 Å². The van der Waals surface area contributed by atoms with Crippen molar-refractivity contribution in [1.29, 1.82) is 0 Å². The molecule has 0 aromatic heterocycles. The minimum atomic E-state index is 0.259. The van der Waals surface area contributed by atoms with Crippen LogP contribution in [-0.2, 0) is 4.74 Å². The molecule has 1 saturated carbocycles. The fourth-order valence-corrected chi connectivity index (χ4v) is 1.08. The van der Waals surface area contributed by atoms with Crippen LogP contribution in [0.15, 0.2) is 0 Å². The molecule has 0 saturated heterocycles. The molecule has 1 nitrogen and oxygen atoms in total. The molecule has 0 aliphatic heterocycles. The smallest absolute Gasteiger partial charge is 0.0684 e. The van der Waals surface area contributed by atoms with Crippen molar-refractivity contribution in [3.63, 3.8) is 0 Å². The molecule has 48 valence electrons. The maximum absolute atomic E-state index is 5.45. The Morgan fingerprint density at radius 1 is 1.75 bits per heavy atom. The fourth-order valence-electron chi connectivity index (χ4n) is 1.08. The van der Waals surface area contributed by atoms with Gasteiger partial charge in [-0.3, -0.25) is 0 Å². The largest absolute Gasteiger partial charge is 0.375 e. The van der Waals surface area contributed by atoms with Crippen molar-refractivity contribution >= 4 is 0 Å². The lowest BCUT2D eigenvalue weighted by molar-refractivity contribution is 0.0454. The predicted octanol–water partition coefficient (Wildman–Crippen LogP) is 1.82. The maximum atomic E-state index is 5.45. The molecule has 1 aliphatic carbocycles. The van der Waals surface area contributed by atoms with Crippen LogP contribution in [0, 0.1) is 5.92 Å². The molecule has 1 rings (SSSR count). The standard InChI is InChI=1S/C7H14O/c1-4-8-7(3)5-6(7)2/h6H,4-5H2,1-3H3. The van der Waals surface area contributed by atoms with Crippen LogP contribution in [0.1, 0.15) is 27.2 Å². The van der Waals surface area contributed by atoms with Gasteiger partial charge < -0.3 is 4.74 Å². The zero-order valence-corrected chi connectivity index (χ0v) is 5.90. The summed E-state index contributed by atoms with van der Waals surface area (Å²) in [6.07, 6.45) is 1.25. The predicted molar refractivity (Wildman–Crippen MR) is 33.8 cm³/mol. The Morgan fingerprint density at radius 3 is 2.38 bits per heavy atom. The number of ether oxygens (including phenoxy) is 1. The minimum Gasteiger partial charge on any atom is -0.375 e. The molecule has 1 aliphatic rings. The van der Waals surface area contributed by atoms with Crippen molar-refractivity contribution in [2.45, 2.75) is 32.8 Å². The summed E-state index contributed by atoms with van der Waals surface area (Å²) >= 11 is 0. The van der Waals surface area contributed by atoms with E-state index in [0.717, 1.165) is 12.5 Å². The van der Waals surface area contributed by atoms with Crippen LogP contribution in [0.4, 0.5) is 0 Å². The van der Waals surface area contributed by atoms with E-state index in [4.69, 9.17) is 4.74 Å². The second-order valence-electron chi connectivity index (χ2n) is 2.85. The van der Waals surface area contributed by atoms with Crippen molar-refractivity contribution in [2.24, 2.45) is 5.92 Å². The summed E-state index contributed by atoms with van der Waals surface area (Å²) in [6.45, 7) is 7.33. The Labute approximate surface area is 51.0 Å². The summed E-state index contributed by atoms with van der Waals surface area (Å²) in [5, 5.41) is 0. The van der Waals surface area contributed by atoms with Crippen molar-refractivity contribution in [3.05, 3.63) is 0 Å². The summed E-state index contributed by atoms with van der Waals surface area (Å²) in [5.41, 5.74) is 0.259. The van der Waals surface area contributed by atoms with Gasteiger partial charge in [0.1, 0.15) is 0 Å². The zero-order chi connectivity index (χ0) is 6.20. The Kier molecular flexibility index (Phi) is 1.31. The van der Waals surface area contributed by atoms with Gasteiger partial charge in [0, 0.05) is 6.61 Å². The van der Waals surface area contributed by atoms with Gasteiger partial charge in [0.05, 0.1) is 5.60 Å². The quantitative estimate of drug-likeness (QED) is 0.532. The van der Waals surface area contributed by atoms with E-state index >= 15 is 0 Å². The Bertz CT molecular complexity index is 90.4. The monoisotopic (exact) mass is 114 g/mol. The highest BCUT2D eigenvalue weighted by Gasteiger charge is 2.47. The lowest BCUT2D eigenvalue weighted by Crippen LogP contribution is -2.10. The van der Waals surface area contributed by atoms with E-state index in [1.807, 2.05) is 0 Å².